The molecule has 38 heavy (non-hydrogen) atoms. The summed E-state index contributed by atoms with van der Waals surface area (Å²) in [6, 6.07) is 7.88. The maximum atomic E-state index is 13.2. The Morgan fingerprint density at radius 1 is 1.16 bits per heavy atom. The van der Waals surface area contributed by atoms with Crippen molar-refractivity contribution in [3.8, 4) is 6.07 Å². The Labute approximate surface area is 244 Å². The van der Waals surface area contributed by atoms with Crippen LogP contribution in [0.5, 0.6) is 0 Å². The minimum absolute atomic E-state index is 0. The van der Waals surface area contributed by atoms with Crippen LogP contribution in [0.3, 0.4) is 0 Å². The SMILES string of the molecule is CC(C)(COC(=O)N[C@@H](CC1CCCCC1)C(=O)N[C@H](C#N)CC1CCNC1=O)c1cccc(Cl)c1.S.S. The van der Waals surface area contributed by atoms with Crippen molar-refractivity contribution in [3.05, 3.63) is 34.9 Å². The van der Waals surface area contributed by atoms with Crippen molar-refractivity contribution in [1.29, 1.82) is 5.26 Å². The number of alkyl carbamates (subject to hydrolysis) is 1. The molecule has 1 aromatic carbocycles. The molecule has 11 heteroatoms. The van der Waals surface area contributed by atoms with Gasteiger partial charge in [-0.2, -0.15) is 32.3 Å². The van der Waals surface area contributed by atoms with Crippen LogP contribution in [0, 0.1) is 23.2 Å². The fourth-order valence-corrected chi connectivity index (χ4v) is 5.17. The van der Waals surface area contributed by atoms with E-state index in [0.29, 0.717) is 30.3 Å². The number of rotatable bonds is 10. The zero-order valence-electron chi connectivity index (χ0n) is 22.1. The lowest BCUT2D eigenvalue weighted by molar-refractivity contribution is -0.125. The smallest absolute Gasteiger partial charge is 0.407 e. The molecule has 1 unspecified atom stereocenters. The van der Waals surface area contributed by atoms with Gasteiger partial charge >= 0.3 is 6.09 Å². The van der Waals surface area contributed by atoms with E-state index in [9.17, 15) is 19.6 Å². The largest absolute Gasteiger partial charge is 0.449 e. The van der Waals surface area contributed by atoms with Gasteiger partial charge in [0.05, 0.1) is 6.07 Å². The number of halogens is 1. The van der Waals surface area contributed by atoms with Crippen molar-refractivity contribution < 1.29 is 19.1 Å². The number of nitrogens with one attached hydrogen (secondary N) is 3. The maximum Gasteiger partial charge on any atom is 0.407 e. The zero-order valence-corrected chi connectivity index (χ0v) is 24.9. The molecule has 0 radical (unpaired) electrons. The minimum Gasteiger partial charge on any atom is -0.449 e. The van der Waals surface area contributed by atoms with E-state index in [1.54, 1.807) is 6.07 Å². The van der Waals surface area contributed by atoms with Gasteiger partial charge in [0, 0.05) is 22.9 Å². The molecule has 0 spiro atoms. The Bertz CT molecular complexity index is 982. The topological polar surface area (TPSA) is 120 Å². The molecule has 0 aromatic heterocycles. The average Bonchev–Trinajstić information content (AvgIpc) is 3.26. The molecule has 8 nitrogen and oxygen atoms in total. The van der Waals surface area contributed by atoms with Gasteiger partial charge in [0.25, 0.3) is 0 Å². The van der Waals surface area contributed by atoms with E-state index < -0.39 is 29.5 Å². The van der Waals surface area contributed by atoms with Gasteiger partial charge in [-0.3, -0.25) is 9.59 Å². The Kier molecular flexibility index (Phi) is 14.4. The summed E-state index contributed by atoms with van der Waals surface area (Å²) in [4.78, 5) is 37.9. The number of hydrogen-bond acceptors (Lipinski definition) is 5. The third kappa shape index (κ3) is 10.2. The molecular formula is C27H41ClN4O4S2. The van der Waals surface area contributed by atoms with Crippen molar-refractivity contribution >= 4 is 56.5 Å². The molecular weight excluding hydrogens is 544 g/mol. The number of hydrogen-bond donors (Lipinski definition) is 3. The first-order chi connectivity index (χ1) is 17.2. The summed E-state index contributed by atoms with van der Waals surface area (Å²) in [5.41, 5.74) is 0.462. The second kappa shape index (κ2) is 16.1. The van der Waals surface area contributed by atoms with Crippen molar-refractivity contribution in [2.75, 3.05) is 13.2 Å². The summed E-state index contributed by atoms with van der Waals surface area (Å²) < 4.78 is 5.53. The van der Waals surface area contributed by atoms with Gasteiger partial charge in [-0.1, -0.05) is 69.7 Å². The van der Waals surface area contributed by atoms with Gasteiger partial charge in [-0.05, 0) is 42.9 Å². The molecule has 0 bridgehead atoms. The summed E-state index contributed by atoms with van der Waals surface area (Å²) in [6.45, 7) is 4.59. The highest BCUT2D eigenvalue weighted by atomic mass is 35.5. The Hall–Kier alpha value is -2.09. The normalized spacial score (nSPS) is 19.0. The minimum atomic E-state index is -0.817. The molecule has 212 valence electrons. The van der Waals surface area contributed by atoms with Crippen molar-refractivity contribution in [2.24, 2.45) is 11.8 Å². The molecule has 3 rings (SSSR count). The highest BCUT2D eigenvalue weighted by Gasteiger charge is 2.32. The molecule has 3 atom stereocenters. The number of ether oxygens (including phenoxy) is 1. The van der Waals surface area contributed by atoms with E-state index in [2.05, 4.69) is 22.0 Å². The molecule has 2 fully saturated rings. The predicted molar refractivity (Wildman–Crippen MR) is 158 cm³/mol. The van der Waals surface area contributed by atoms with Crippen molar-refractivity contribution in [1.82, 2.24) is 16.0 Å². The third-order valence-corrected chi connectivity index (χ3v) is 7.46. The van der Waals surface area contributed by atoms with Gasteiger partial charge < -0.3 is 20.7 Å². The molecule has 1 aliphatic carbocycles. The molecule has 3 amide bonds. The second-order valence-electron chi connectivity index (χ2n) is 10.6. The molecule has 3 N–H and O–H groups in total. The van der Waals surface area contributed by atoms with E-state index in [0.717, 1.165) is 31.2 Å². The second-order valence-corrected chi connectivity index (χ2v) is 11.0. The van der Waals surface area contributed by atoms with Gasteiger partial charge in [0.15, 0.2) is 0 Å². The van der Waals surface area contributed by atoms with Gasteiger partial charge in [-0.25, -0.2) is 4.79 Å². The molecule has 1 heterocycles. The molecule has 1 saturated heterocycles. The number of amides is 3. The summed E-state index contributed by atoms with van der Waals surface area (Å²) >= 11 is 6.12. The van der Waals surface area contributed by atoms with Crippen LogP contribution >= 0.6 is 38.6 Å². The van der Waals surface area contributed by atoms with Crippen molar-refractivity contribution in [2.45, 2.75) is 82.7 Å². The van der Waals surface area contributed by atoms with E-state index in [4.69, 9.17) is 16.3 Å². The first kappa shape index (κ1) is 33.9. The Morgan fingerprint density at radius 2 is 1.87 bits per heavy atom. The highest BCUT2D eigenvalue weighted by Crippen LogP contribution is 2.28. The summed E-state index contributed by atoms with van der Waals surface area (Å²) in [5.74, 6) is -0.485. The summed E-state index contributed by atoms with van der Waals surface area (Å²) in [5, 5.41) is 18.4. The van der Waals surface area contributed by atoms with E-state index in [-0.39, 0.29) is 51.8 Å². The monoisotopic (exact) mass is 584 g/mol. The lowest BCUT2D eigenvalue weighted by Crippen LogP contribution is -2.51. The number of carbonyl (C=O) groups is 3. The highest BCUT2D eigenvalue weighted by molar-refractivity contribution is 7.59. The number of nitrogens with zero attached hydrogens (tertiary/aromatic N) is 1. The van der Waals surface area contributed by atoms with Gasteiger partial charge in [0.2, 0.25) is 11.8 Å². The maximum absolute atomic E-state index is 13.2. The standard InChI is InChI=1S/C27H37ClN4O4.2H2S/c1-27(2,20-9-6-10-21(28)15-20)17-36-26(35)32-23(13-18-7-4-3-5-8-18)25(34)31-22(16-29)14-19-11-12-30-24(19)33;;/h6,9-10,15,18-19,22-23H,3-5,7-8,11-14,17H2,1-2H3,(H,30,33)(H,31,34)(H,32,35);2*1H2/t19?,22-,23-;;/m0../s1. The average molecular weight is 585 g/mol. The van der Waals surface area contributed by atoms with E-state index in [1.165, 1.54) is 6.42 Å². The predicted octanol–water partition coefficient (Wildman–Crippen LogP) is 4.44. The van der Waals surface area contributed by atoms with Crippen LogP contribution in [-0.2, 0) is 19.7 Å². The van der Waals surface area contributed by atoms with Gasteiger partial charge in [-0.15, -0.1) is 0 Å². The van der Waals surface area contributed by atoms with Crippen LogP contribution in [0.4, 0.5) is 4.79 Å². The van der Waals surface area contributed by atoms with Crippen molar-refractivity contribution in [3.63, 3.8) is 0 Å². The Balaban J connectivity index is 0.00000361. The number of carbonyl (C=O) groups excluding carboxylic acids is 3. The lowest BCUT2D eigenvalue weighted by Gasteiger charge is -2.28. The van der Waals surface area contributed by atoms with Crippen LogP contribution in [0.15, 0.2) is 24.3 Å². The summed E-state index contributed by atoms with van der Waals surface area (Å²) in [6.07, 6.45) is 6.11. The van der Waals surface area contributed by atoms with Gasteiger partial charge in [0.1, 0.15) is 18.7 Å². The fourth-order valence-electron chi connectivity index (χ4n) is 4.98. The zero-order chi connectivity index (χ0) is 26.1. The van der Waals surface area contributed by atoms with E-state index >= 15 is 0 Å². The first-order valence-electron chi connectivity index (χ1n) is 12.8. The molecule has 1 saturated carbocycles. The lowest BCUT2D eigenvalue weighted by atomic mass is 9.84. The molecule has 1 aliphatic heterocycles. The number of benzene rings is 1. The molecule has 1 aromatic rings. The Morgan fingerprint density at radius 3 is 2.47 bits per heavy atom. The van der Waals surface area contributed by atoms with Crippen LogP contribution in [0.25, 0.3) is 0 Å². The van der Waals surface area contributed by atoms with Crippen LogP contribution in [0.2, 0.25) is 5.02 Å². The molecule has 2 aliphatic rings. The van der Waals surface area contributed by atoms with Crippen LogP contribution in [-0.4, -0.2) is 43.1 Å². The number of nitriles is 1. The third-order valence-electron chi connectivity index (χ3n) is 7.23. The van der Waals surface area contributed by atoms with Crippen LogP contribution < -0.4 is 16.0 Å². The quantitative estimate of drug-likeness (QED) is 0.375. The van der Waals surface area contributed by atoms with Crippen LogP contribution in [0.1, 0.15) is 70.8 Å². The van der Waals surface area contributed by atoms with E-state index in [1.807, 2.05) is 32.0 Å². The summed E-state index contributed by atoms with van der Waals surface area (Å²) in [7, 11) is 0. The fraction of sp³-hybridized carbons (Fsp3) is 0.630. The first-order valence-corrected chi connectivity index (χ1v) is 13.2.